The van der Waals surface area contributed by atoms with Crippen LogP contribution in [0.5, 0.6) is 0 Å². The van der Waals surface area contributed by atoms with Gasteiger partial charge in [0.1, 0.15) is 11.6 Å². The number of hydrogen-bond acceptors (Lipinski definition) is 7. The van der Waals surface area contributed by atoms with Gasteiger partial charge in [-0.2, -0.15) is 10.1 Å². The number of piperazine rings is 1. The van der Waals surface area contributed by atoms with Gasteiger partial charge in [-0.1, -0.05) is 18.2 Å². The molecule has 6 rings (SSSR count). The quantitative estimate of drug-likeness (QED) is 0.453. The second-order valence-electron chi connectivity index (χ2n) is 7.85. The first kappa shape index (κ1) is 18.6. The predicted octanol–water partition coefficient (Wildman–Crippen LogP) is 3.97. The van der Waals surface area contributed by atoms with Crippen LogP contribution in [-0.4, -0.2) is 51.3 Å². The van der Waals surface area contributed by atoms with Gasteiger partial charge in [-0.15, -0.1) is 0 Å². The standard InChI is InChI=1S/C24H22N8/c1-2-6-21-19(5-1)23(27-18-8-9-20-17(15-18)16-26-30-20)29-24(28-21)32-13-11-31(12-14-32)22-7-3-4-10-25-22/h1-10,15-16H,11-14H2,(H,26,30)(H,27,28,29). The van der Waals surface area contributed by atoms with Gasteiger partial charge in [0.2, 0.25) is 5.95 Å². The molecule has 2 N–H and O–H groups in total. The van der Waals surface area contributed by atoms with Crippen molar-refractivity contribution < 1.29 is 0 Å². The van der Waals surface area contributed by atoms with Gasteiger partial charge < -0.3 is 15.1 Å². The third-order valence-corrected chi connectivity index (χ3v) is 5.83. The molecule has 0 aliphatic carbocycles. The molecule has 2 aromatic carbocycles. The van der Waals surface area contributed by atoms with Crippen molar-refractivity contribution in [2.24, 2.45) is 0 Å². The minimum atomic E-state index is 0.747. The van der Waals surface area contributed by atoms with Crippen molar-refractivity contribution in [2.45, 2.75) is 0 Å². The maximum atomic E-state index is 4.93. The number of benzene rings is 2. The number of H-pyrrole nitrogens is 1. The first-order chi connectivity index (χ1) is 15.8. The van der Waals surface area contributed by atoms with Crippen molar-refractivity contribution in [3.05, 3.63) is 73.1 Å². The van der Waals surface area contributed by atoms with Crippen molar-refractivity contribution in [3.8, 4) is 0 Å². The number of hydrogen-bond donors (Lipinski definition) is 2. The van der Waals surface area contributed by atoms with E-state index in [2.05, 4.69) is 48.5 Å². The van der Waals surface area contributed by atoms with Crippen LogP contribution in [0.15, 0.2) is 73.1 Å². The van der Waals surface area contributed by atoms with Crippen molar-refractivity contribution in [1.82, 2.24) is 25.1 Å². The smallest absolute Gasteiger partial charge is 0.228 e. The van der Waals surface area contributed by atoms with E-state index in [1.54, 1.807) is 0 Å². The van der Waals surface area contributed by atoms with Crippen molar-refractivity contribution in [2.75, 3.05) is 41.3 Å². The highest BCUT2D eigenvalue weighted by Crippen LogP contribution is 2.28. The third kappa shape index (κ3) is 3.45. The van der Waals surface area contributed by atoms with Gasteiger partial charge >= 0.3 is 0 Å². The average molecular weight is 422 g/mol. The van der Waals surface area contributed by atoms with Crippen molar-refractivity contribution >= 4 is 45.1 Å². The van der Waals surface area contributed by atoms with Gasteiger partial charge in [0.25, 0.3) is 0 Å². The number of aromatic nitrogens is 5. The summed E-state index contributed by atoms with van der Waals surface area (Å²) >= 11 is 0. The van der Waals surface area contributed by atoms with E-state index in [-0.39, 0.29) is 0 Å². The van der Waals surface area contributed by atoms with Crippen LogP contribution in [0.25, 0.3) is 21.8 Å². The summed E-state index contributed by atoms with van der Waals surface area (Å²) in [4.78, 5) is 18.8. The molecule has 4 heterocycles. The highest BCUT2D eigenvalue weighted by Gasteiger charge is 2.21. The summed E-state index contributed by atoms with van der Waals surface area (Å²) in [5.41, 5.74) is 2.90. The van der Waals surface area contributed by atoms with Gasteiger partial charge in [-0.3, -0.25) is 5.10 Å². The second-order valence-corrected chi connectivity index (χ2v) is 7.85. The third-order valence-electron chi connectivity index (χ3n) is 5.83. The molecule has 1 fully saturated rings. The number of para-hydroxylation sites is 1. The number of rotatable bonds is 4. The Kier molecular flexibility index (Phi) is 4.53. The van der Waals surface area contributed by atoms with Gasteiger partial charge in [-0.25, -0.2) is 9.97 Å². The lowest BCUT2D eigenvalue weighted by Gasteiger charge is -2.35. The molecule has 32 heavy (non-hydrogen) atoms. The normalized spacial score (nSPS) is 14.2. The van der Waals surface area contributed by atoms with Gasteiger partial charge in [0.05, 0.1) is 17.2 Å². The molecular weight excluding hydrogens is 400 g/mol. The summed E-state index contributed by atoms with van der Waals surface area (Å²) < 4.78 is 0. The van der Waals surface area contributed by atoms with Crippen molar-refractivity contribution in [3.63, 3.8) is 0 Å². The SMILES string of the molecule is c1ccc(N2CCN(c3nc(Nc4ccc5[nH]ncc5c4)c4ccccc4n3)CC2)nc1. The maximum absolute atomic E-state index is 4.93. The van der Waals surface area contributed by atoms with Gasteiger partial charge in [0.15, 0.2) is 0 Å². The molecule has 3 aromatic heterocycles. The topological polar surface area (TPSA) is 85.9 Å². The largest absolute Gasteiger partial charge is 0.353 e. The lowest BCUT2D eigenvalue weighted by Crippen LogP contribution is -2.47. The summed E-state index contributed by atoms with van der Waals surface area (Å²) in [6, 6.07) is 20.3. The van der Waals surface area contributed by atoms with E-state index in [0.717, 1.165) is 71.3 Å². The van der Waals surface area contributed by atoms with Crippen LogP contribution in [0.3, 0.4) is 0 Å². The Labute approximate surface area is 184 Å². The Bertz CT molecular complexity index is 1370. The predicted molar refractivity (Wildman–Crippen MR) is 128 cm³/mol. The molecule has 8 nitrogen and oxygen atoms in total. The molecule has 0 bridgehead atoms. The lowest BCUT2D eigenvalue weighted by atomic mass is 10.2. The fourth-order valence-corrected chi connectivity index (χ4v) is 4.13. The first-order valence-electron chi connectivity index (χ1n) is 10.7. The summed E-state index contributed by atoms with van der Waals surface area (Å²) in [5, 5.41) is 12.7. The zero-order valence-electron chi connectivity index (χ0n) is 17.4. The average Bonchev–Trinajstić information content (AvgIpc) is 3.33. The van der Waals surface area contributed by atoms with Crippen LogP contribution in [-0.2, 0) is 0 Å². The number of fused-ring (bicyclic) bond motifs is 2. The molecule has 0 saturated carbocycles. The molecule has 0 spiro atoms. The Morgan fingerprint density at radius 1 is 0.844 bits per heavy atom. The Balaban J connectivity index is 1.30. The van der Waals surface area contributed by atoms with Crippen LogP contribution in [0.2, 0.25) is 0 Å². The molecule has 158 valence electrons. The Morgan fingerprint density at radius 2 is 1.69 bits per heavy atom. The zero-order valence-corrected chi connectivity index (χ0v) is 17.4. The molecule has 1 aliphatic heterocycles. The van der Waals surface area contributed by atoms with Crippen LogP contribution in [0.4, 0.5) is 23.3 Å². The zero-order chi connectivity index (χ0) is 21.3. The monoisotopic (exact) mass is 422 g/mol. The molecule has 1 aliphatic rings. The number of aromatic amines is 1. The molecule has 0 amide bonds. The van der Waals surface area contributed by atoms with Crippen molar-refractivity contribution in [1.29, 1.82) is 0 Å². The number of anilines is 4. The number of pyridine rings is 1. The van der Waals surface area contributed by atoms with E-state index in [0.29, 0.717) is 0 Å². The maximum Gasteiger partial charge on any atom is 0.228 e. The summed E-state index contributed by atoms with van der Waals surface area (Å²) in [6.07, 6.45) is 3.66. The fourth-order valence-electron chi connectivity index (χ4n) is 4.13. The van der Waals surface area contributed by atoms with E-state index in [1.165, 1.54) is 0 Å². The molecular formula is C24H22N8. The van der Waals surface area contributed by atoms with Crippen LogP contribution in [0, 0.1) is 0 Å². The fraction of sp³-hybridized carbons (Fsp3) is 0.167. The molecule has 8 heteroatoms. The van der Waals surface area contributed by atoms with Gasteiger partial charge in [-0.05, 0) is 42.5 Å². The Hall–Kier alpha value is -4.20. The number of nitrogens with zero attached hydrogens (tertiary/aromatic N) is 6. The summed E-state index contributed by atoms with van der Waals surface area (Å²) in [7, 11) is 0. The minimum absolute atomic E-state index is 0.747. The van der Waals surface area contributed by atoms with E-state index < -0.39 is 0 Å². The molecule has 0 atom stereocenters. The van der Waals surface area contributed by atoms with E-state index >= 15 is 0 Å². The Morgan fingerprint density at radius 3 is 2.56 bits per heavy atom. The summed E-state index contributed by atoms with van der Waals surface area (Å²) in [5.74, 6) is 2.57. The molecule has 5 aromatic rings. The van der Waals surface area contributed by atoms with Crippen LogP contribution < -0.4 is 15.1 Å². The lowest BCUT2D eigenvalue weighted by molar-refractivity contribution is 0.636. The summed E-state index contributed by atoms with van der Waals surface area (Å²) in [6.45, 7) is 3.45. The van der Waals surface area contributed by atoms with Crippen LogP contribution in [0.1, 0.15) is 0 Å². The molecule has 0 radical (unpaired) electrons. The molecule has 0 unspecified atom stereocenters. The highest BCUT2D eigenvalue weighted by atomic mass is 15.3. The van der Waals surface area contributed by atoms with E-state index in [1.807, 2.05) is 54.9 Å². The first-order valence-corrected chi connectivity index (χ1v) is 10.7. The van der Waals surface area contributed by atoms with E-state index in [4.69, 9.17) is 9.97 Å². The van der Waals surface area contributed by atoms with Crippen LogP contribution >= 0.6 is 0 Å². The highest BCUT2D eigenvalue weighted by molar-refractivity contribution is 5.93. The van der Waals surface area contributed by atoms with Gasteiger partial charge in [0, 0.05) is 48.8 Å². The molecule has 1 saturated heterocycles. The van der Waals surface area contributed by atoms with E-state index in [9.17, 15) is 0 Å². The second kappa shape index (κ2) is 7.81. The number of nitrogens with one attached hydrogen (secondary N) is 2. The minimum Gasteiger partial charge on any atom is -0.353 e.